The number of carbonyl (C=O) groups excluding carboxylic acids is 1. The van der Waals surface area contributed by atoms with Crippen molar-refractivity contribution in [2.75, 3.05) is 13.2 Å². The van der Waals surface area contributed by atoms with Gasteiger partial charge in [0.1, 0.15) is 5.82 Å². The van der Waals surface area contributed by atoms with Gasteiger partial charge in [-0.1, -0.05) is 13.8 Å². The van der Waals surface area contributed by atoms with Crippen LogP contribution in [0.4, 0.5) is 0 Å². The minimum Gasteiger partial charge on any atom is -0.380 e. The first-order valence-electron chi connectivity index (χ1n) is 5.82. The standard InChI is InChI=1S/C11H20N4O2/c1-5-17-6-9(7(2)3)13-11(16)10-12-8(4)14-15-10/h7,9H,5-6H2,1-4H3,(H,13,16)(H,12,14,15). The van der Waals surface area contributed by atoms with Gasteiger partial charge in [-0.25, -0.2) is 4.98 Å². The predicted octanol–water partition coefficient (Wildman–Crippen LogP) is 0.904. The number of ether oxygens (including phenoxy) is 1. The van der Waals surface area contributed by atoms with Gasteiger partial charge in [0, 0.05) is 6.61 Å². The Morgan fingerprint density at radius 1 is 1.53 bits per heavy atom. The first kappa shape index (κ1) is 13.6. The molecule has 1 heterocycles. The van der Waals surface area contributed by atoms with E-state index in [9.17, 15) is 4.79 Å². The molecule has 6 heteroatoms. The van der Waals surface area contributed by atoms with E-state index >= 15 is 0 Å². The van der Waals surface area contributed by atoms with E-state index in [1.54, 1.807) is 6.92 Å². The van der Waals surface area contributed by atoms with Crippen LogP contribution in [0.5, 0.6) is 0 Å². The van der Waals surface area contributed by atoms with E-state index in [2.05, 4.69) is 20.5 Å². The molecule has 0 fully saturated rings. The molecule has 1 unspecified atom stereocenters. The fourth-order valence-corrected chi connectivity index (χ4v) is 1.32. The van der Waals surface area contributed by atoms with Crippen molar-refractivity contribution in [1.29, 1.82) is 0 Å². The lowest BCUT2D eigenvalue weighted by atomic mass is 10.1. The second-order valence-corrected chi connectivity index (χ2v) is 4.23. The molecule has 17 heavy (non-hydrogen) atoms. The molecular formula is C11H20N4O2. The molecular weight excluding hydrogens is 220 g/mol. The van der Waals surface area contributed by atoms with Gasteiger partial charge in [0.25, 0.3) is 5.91 Å². The average Bonchev–Trinajstić information content (AvgIpc) is 2.70. The Labute approximate surface area is 101 Å². The number of hydrogen-bond acceptors (Lipinski definition) is 4. The van der Waals surface area contributed by atoms with Crippen molar-refractivity contribution in [3.63, 3.8) is 0 Å². The SMILES string of the molecule is CCOCC(NC(=O)c1n[nH]c(C)n1)C(C)C. The Kier molecular flexibility index (Phi) is 5.09. The highest BCUT2D eigenvalue weighted by atomic mass is 16.5. The summed E-state index contributed by atoms with van der Waals surface area (Å²) in [4.78, 5) is 15.8. The van der Waals surface area contributed by atoms with Gasteiger partial charge < -0.3 is 10.1 Å². The van der Waals surface area contributed by atoms with E-state index in [1.165, 1.54) is 0 Å². The summed E-state index contributed by atoms with van der Waals surface area (Å²) >= 11 is 0. The first-order chi connectivity index (χ1) is 8.04. The molecule has 0 aliphatic rings. The van der Waals surface area contributed by atoms with Crippen molar-refractivity contribution in [3.8, 4) is 0 Å². The average molecular weight is 240 g/mol. The molecule has 2 N–H and O–H groups in total. The van der Waals surface area contributed by atoms with Crippen LogP contribution < -0.4 is 5.32 Å². The fourth-order valence-electron chi connectivity index (χ4n) is 1.32. The number of aromatic nitrogens is 3. The molecule has 0 aliphatic heterocycles. The second kappa shape index (κ2) is 6.34. The van der Waals surface area contributed by atoms with Gasteiger partial charge in [0.2, 0.25) is 5.82 Å². The van der Waals surface area contributed by atoms with Gasteiger partial charge in [0.15, 0.2) is 0 Å². The summed E-state index contributed by atoms with van der Waals surface area (Å²) in [5.41, 5.74) is 0. The molecule has 1 aromatic rings. The smallest absolute Gasteiger partial charge is 0.291 e. The third-order valence-corrected chi connectivity index (χ3v) is 2.42. The monoisotopic (exact) mass is 240 g/mol. The lowest BCUT2D eigenvalue weighted by Crippen LogP contribution is -2.42. The normalized spacial score (nSPS) is 12.8. The molecule has 0 radical (unpaired) electrons. The van der Waals surface area contributed by atoms with E-state index in [0.29, 0.717) is 25.0 Å². The molecule has 0 saturated heterocycles. The Morgan fingerprint density at radius 3 is 2.71 bits per heavy atom. The van der Waals surface area contributed by atoms with Crippen molar-refractivity contribution < 1.29 is 9.53 Å². The lowest BCUT2D eigenvalue weighted by molar-refractivity contribution is 0.0798. The quantitative estimate of drug-likeness (QED) is 0.774. The lowest BCUT2D eigenvalue weighted by Gasteiger charge is -2.21. The van der Waals surface area contributed by atoms with Crippen molar-refractivity contribution >= 4 is 5.91 Å². The first-order valence-corrected chi connectivity index (χ1v) is 5.82. The molecule has 0 bridgehead atoms. The van der Waals surface area contributed by atoms with Gasteiger partial charge >= 0.3 is 0 Å². The zero-order chi connectivity index (χ0) is 12.8. The topological polar surface area (TPSA) is 79.9 Å². The molecule has 96 valence electrons. The summed E-state index contributed by atoms with van der Waals surface area (Å²) in [6.45, 7) is 8.89. The maximum Gasteiger partial charge on any atom is 0.291 e. The zero-order valence-electron chi connectivity index (χ0n) is 10.8. The number of aromatic amines is 1. The van der Waals surface area contributed by atoms with Crippen LogP contribution in [0.2, 0.25) is 0 Å². The number of carbonyl (C=O) groups is 1. The fraction of sp³-hybridized carbons (Fsp3) is 0.727. The van der Waals surface area contributed by atoms with Crippen LogP contribution in [0.3, 0.4) is 0 Å². The summed E-state index contributed by atoms with van der Waals surface area (Å²) < 4.78 is 5.34. The zero-order valence-corrected chi connectivity index (χ0v) is 10.8. The summed E-state index contributed by atoms with van der Waals surface area (Å²) in [5.74, 6) is 0.823. The van der Waals surface area contributed by atoms with Crippen LogP contribution in [0.1, 0.15) is 37.2 Å². The van der Waals surface area contributed by atoms with E-state index in [0.717, 1.165) is 0 Å². The van der Waals surface area contributed by atoms with Gasteiger partial charge in [-0.15, -0.1) is 5.10 Å². The highest BCUT2D eigenvalue weighted by Crippen LogP contribution is 2.03. The minimum absolute atomic E-state index is 0.0266. The minimum atomic E-state index is -0.271. The molecule has 0 saturated carbocycles. The van der Waals surface area contributed by atoms with Crippen LogP contribution in [0.25, 0.3) is 0 Å². The van der Waals surface area contributed by atoms with Crippen LogP contribution in [0, 0.1) is 12.8 Å². The van der Waals surface area contributed by atoms with Crippen LogP contribution in [-0.2, 0) is 4.74 Å². The summed E-state index contributed by atoms with van der Waals surface area (Å²) in [5, 5.41) is 9.33. The third kappa shape index (κ3) is 4.14. The summed E-state index contributed by atoms with van der Waals surface area (Å²) in [6, 6.07) is -0.0266. The summed E-state index contributed by atoms with van der Waals surface area (Å²) in [6.07, 6.45) is 0. The number of amides is 1. The molecule has 0 spiro atoms. The van der Waals surface area contributed by atoms with Crippen molar-refractivity contribution in [1.82, 2.24) is 20.5 Å². The second-order valence-electron chi connectivity index (χ2n) is 4.23. The van der Waals surface area contributed by atoms with Gasteiger partial charge in [-0.2, -0.15) is 0 Å². The summed E-state index contributed by atoms with van der Waals surface area (Å²) in [7, 11) is 0. The maximum absolute atomic E-state index is 11.8. The van der Waals surface area contributed by atoms with Crippen molar-refractivity contribution in [2.24, 2.45) is 5.92 Å². The highest BCUT2D eigenvalue weighted by Gasteiger charge is 2.19. The Morgan fingerprint density at radius 2 is 2.24 bits per heavy atom. The van der Waals surface area contributed by atoms with Gasteiger partial charge in [0.05, 0.1) is 12.6 Å². The van der Waals surface area contributed by atoms with E-state index in [4.69, 9.17) is 4.74 Å². The number of hydrogen-bond donors (Lipinski definition) is 2. The van der Waals surface area contributed by atoms with E-state index in [-0.39, 0.29) is 17.8 Å². The molecule has 6 nitrogen and oxygen atoms in total. The third-order valence-electron chi connectivity index (χ3n) is 2.42. The van der Waals surface area contributed by atoms with E-state index < -0.39 is 0 Å². The number of nitrogens with zero attached hydrogens (tertiary/aromatic N) is 2. The largest absolute Gasteiger partial charge is 0.380 e. The highest BCUT2D eigenvalue weighted by molar-refractivity contribution is 5.90. The van der Waals surface area contributed by atoms with Crippen LogP contribution in [-0.4, -0.2) is 40.3 Å². The number of aryl methyl sites for hydroxylation is 1. The van der Waals surface area contributed by atoms with Crippen LogP contribution >= 0.6 is 0 Å². The number of nitrogens with one attached hydrogen (secondary N) is 2. The maximum atomic E-state index is 11.8. The van der Waals surface area contributed by atoms with Gasteiger partial charge in [-0.05, 0) is 19.8 Å². The van der Waals surface area contributed by atoms with E-state index in [1.807, 2.05) is 20.8 Å². The Balaban J connectivity index is 2.57. The van der Waals surface area contributed by atoms with Crippen molar-refractivity contribution in [3.05, 3.63) is 11.6 Å². The number of rotatable bonds is 6. The Bertz CT molecular complexity index is 362. The molecule has 0 aliphatic carbocycles. The molecule has 0 aromatic carbocycles. The predicted molar refractivity (Wildman–Crippen MR) is 63.7 cm³/mol. The number of H-pyrrole nitrogens is 1. The van der Waals surface area contributed by atoms with Crippen molar-refractivity contribution in [2.45, 2.75) is 33.7 Å². The molecule has 1 rings (SSSR count). The van der Waals surface area contributed by atoms with Gasteiger partial charge in [-0.3, -0.25) is 9.89 Å². The molecule has 1 atom stereocenters. The molecule has 1 amide bonds. The van der Waals surface area contributed by atoms with Crippen LogP contribution in [0.15, 0.2) is 0 Å². The Hall–Kier alpha value is -1.43. The molecule has 1 aromatic heterocycles.